The second-order valence-electron chi connectivity index (χ2n) is 6.59. The third-order valence-electron chi connectivity index (χ3n) is 4.91. The van der Waals surface area contributed by atoms with Crippen LogP contribution in [0, 0.1) is 28.1 Å². The van der Waals surface area contributed by atoms with Crippen LogP contribution in [-0.4, -0.2) is 23.0 Å². The zero-order chi connectivity index (χ0) is 19.7. The number of nitrogens with one attached hydrogen (secondary N) is 1. The molecule has 1 saturated carbocycles. The zero-order valence-corrected chi connectivity index (χ0v) is 15.1. The maximum Gasteiger partial charge on any atom is 0.246 e. The van der Waals surface area contributed by atoms with E-state index in [1.165, 1.54) is 7.11 Å². The Balaban J connectivity index is 1.89. The summed E-state index contributed by atoms with van der Waals surface area (Å²) in [6.45, 7) is 0. The molecule has 0 unspecified atom stereocenters. The van der Waals surface area contributed by atoms with Crippen molar-refractivity contribution in [1.29, 1.82) is 10.5 Å². The molecular formula is C21H15N5O2. The molecule has 0 spiro atoms. The Bertz CT molecular complexity index is 1170. The van der Waals surface area contributed by atoms with Gasteiger partial charge in [0, 0.05) is 17.8 Å². The Hall–Kier alpha value is -3.97. The molecule has 1 aromatic carbocycles. The van der Waals surface area contributed by atoms with E-state index in [1.54, 1.807) is 24.5 Å². The summed E-state index contributed by atoms with van der Waals surface area (Å²) in [6, 6.07) is 13.2. The molecule has 3 aromatic rings. The molecule has 7 nitrogen and oxygen atoms in total. The van der Waals surface area contributed by atoms with Crippen molar-refractivity contribution in [3.8, 4) is 29.0 Å². The van der Waals surface area contributed by atoms with Crippen LogP contribution in [0.2, 0.25) is 0 Å². The number of methoxy groups -OCH3 is 1. The molecule has 2 aromatic heterocycles. The Morgan fingerprint density at radius 1 is 1.21 bits per heavy atom. The quantitative estimate of drug-likeness (QED) is 0.754. The van der Waals surface area contributed by atoms with E-state index >= 15 is 0 Å². The molecule has 0 aliphatic heterocycles. The third-order valence-corrected chi connectivity index (χ3v) is 4.91. The number of carbonyl (C=O) groups excluding carboxylic acids is 1. The molecule has 28 heavy (non-hydrogen) atoms. The first kappa shape index (κ1) is 17.4. The Kier molecular flexibility index (Phi) is 4.14. The van der Waals surface area contributed by atoms with Crippen molar-refractivity contribution in [3.63, 3.8) is 0 Å². The number of hydrogen-bond acceptors (Lipinski definition) is 6. The number of nitrogens with zero attached hydrogens (tertiary/aromatic N) is 4. The summed E-state index contributed by atoms with van der Waals surface area (Å²) in [5.74, 6) is 0.225. The van der Waals surface area contributed by atoms with Crippen molar-refractivity contribution in [2.24, 2.45) is 5.41 Å². The average Bonchev–Trinajstić information content (AvgIpc) is 3.54. The highest BCUT2D eigenvalue weighted by Gasteiger charge is 2.51. The van der Waals surface area contributed by atoms with Gasteiger partial charge in [-0.25, -0.2) is 4.98 Å². The molecule has 1 aliphatic rings. The van der Waals surface area contributed by atoms with Crippen LogP contribution in [0.15, 0.2) is 42.7 Å². The molecule has 0 radical (unpaired) electrons. The van der Waals surface area contributed by atoms with Crippen molar-refractivity contribution < 1.29 is 9.53 Å². The first-order valence-corrected chi connectivity index (χ1v) is 8.67. The van der Waals surface area contributed by atoms with Gasteiger partial charge >= 0.3 is 0 Å². The molecule has 136 valence electrons. The lowest BCUT2D eigenvalue weighted by molar-refractivity contribution is -0.119. The topological polar surface area (TPSA) is 112 Å². The van der Waals surface area contributed by atoms with E-state index in [-0.39, 0.29) is 11.4 Å². The fourth-order valence-electron chi connectivity index (χ4n) is 3.10. The number of aromatic nitrogens is 2. The Morgan fingerprint density at radius 3 is 2.57 bits per heavy atom. The predicted octanol–water partition coefficient (Wildman–Crippen LogP) is 3.42. The number of pyridine rings is 2. The van der Waals surface area contributed by atoms with Gasteiger partial charge in [0.15, 0.2) is 5.82 Å². The Morgan fingerprint density at radius 2 is 1.96 bits per heavy atom. The maximum absolute atomic E-state index is 12.5. The number of ether oxygens (including phenoxy) is 1. The number of anilines is 1. The molecule has 1 fully saturated rings. The van der Waals surface area contributed by atoms with E-state index in [1.807, 2.05) is 24.3 Å². The number of nitriles is 2. The molecule has 4 rings (SSSR count). The summed E-state index contributed by atoms with van der Waals surface area (Å²) < 4.78 is 5.43. The summed E-state index contributed by atoms with van der Waals surface area (Å²) in [7, 11) is 1.54. The number of rotatable bonds is 4. The largest absolute Gasteiger partial charge is 0.494 e. The fourth-order valence-corrected chi connectivity index (χ4v) is 3.10. The predicted molar refractivity (Wildman–Crippen MR) is 102 cm³/mol. The first-order valence-electron chi connectivity index (χ1n) is 8.67. The van der Waals surface area contributed by atoms with Gasteiger partial charge in [-0.15, -0.1) is 0 Å². The van der Waals surface area contributed by atoms with Crippen LogP contribution in [0.25, 0.3) is 22.0 Å². The van der Waals surface area contributed by atoms with Gasteiger partial charge in [0.2, 0.25) is 5.91 Å². The second kappa shape index (κ2) is 6.64. The summed E-state index contributed by atoms with van der Waals surface area (Å²) in [5, 5.41) is 22.2. The molecule has 2 heterocycles. The number of benzene rings is 1. The van der Waals surface area contributed by atoms with Crippen molar-refractivity contribution in [1.82, 2.24) is 9.97 Å². The highest BCUT2D eigenvalue weighted by atomic mass is 16.5. The van der Waals surface area contributed by atoms with E-state index in [4.69, 9.17) is 4.74 Å². The third kappa shape index (κ3) is 2.80. The van der Waals surface area contributed by atoms with Gasteiger partial charge in [-0.3, -0.25) is 9.78 Å². The van der Waals surface area contributed by atoms with E-state index in [0.717, 1.165) is 16.5 Å². The highest BCUT2D eigenvalue weighted by Crippen LogP contribution is 2.46. The van der Waals surface area contributed by atoms with E-state index < -0.39 is 11.3 Å². The van der Waals surface area contributed by atoms with Crippen LogP contribution >= 0.6 is 0 Å². The monoisotopic (exact) mass is 369 g/mol. The van der Waals surface area contributed by atoms with Crippen LogP contribution in [0.3, 0.4) is 0 Å². The lowest BCUT2D eigenvalue weighted by atomic mass is 9.99. The van der Waals surface area contributed by atoms with Crippen molar-refractivity contribution >= 4 is 22.6 Å². The molecule has 0 atom stereocenters. The van der Waals surface area contributed by atoms with E-state index in [0.29, 0.717) is 24.1 Å². The molecule has 1 amide bonds. The number of carbonyl (C=O) groups is 1. The van der Waals surface area contributed by atoms with Crippen LogP contribution in [0.5, 0.6) is 5.75 Å². The van der Waals surface area contributed by atoms with Crippen LogP contribution < -0.4 is 10.1 Å². The second-order valence-corrected chi connectivity index (χ2v) is 6.59. The Labute approximate surface area is 161 Å². The first-order chi connectivity index (χ1) is 13.6. The molecule has 0 saturated heterocycles. The van der Waals surface area contributed by atoms with E-state index in [9.17, 15) is 15.3 Å². The maximum atomic E-state index is 12.5. The average molecular weight is 369 g/mol. The highest BCUT2D eigenvalue weighted by molar-refractivity contribution is 6.03. The lowest BCUT2D eigenvalue weighted by Crippen LogP contribution is -2.23. The summed E-state index contributed by atoms with van der Waals surface area (Å²) in [6.07, 6.45) is 4.41. The minimum absolute atomic E-state index is 0.131. The van der Waals surface area contributed by atoms with Gasteiger partial charge in [0.25, 0.3) is 0 Å². The van der Waals surface area contributed by atoms with Gasteiger partial charge < -0.3 is 10.1 Å². The molecule has 0 bridgehead atoms. The summed E-state index contributed by atoms with van der Waals surface area (Å²) >= 11 is 0. The van der Waals surface area contributed by atoms with Gasteiger partial charge in [-0.05, 0) is 54.3 Å². The minimum atomic E-state index is -1.01. The van der Waals surface area contributed by atoms with Crippen molar-refractivity contribution in [3.05, 3.63) is 48.3 Å². The lowest BCUT2D eigenvalue weighted by Gasteiger charge is -2.14. The molecule has 7 heteroatoms. The normalized spacial score (nSPS) is 14.0. The standard InChI is InChI=1S/C21H15N5O2/c1-28-17-3-2-15(13-4-8-24-9-5-13)16-10-14(11-22)19(25-18(16)17)26-20(27)21(12-23)6-7-21/h2-5,8-10H,6-7H2,1H3,(H,25,26,27). The minimum Gasteiger partial charge on any atom is -0.494 e. The number of fused-ring (bicyclic) bond motifs is 1. The fraction of sp³-hybridized carbons (Fsp3) is 0.190. The zero-order valence-electron chi connectivity index (χ0n) is 15.1. The van der Waals surface area contributed by atoms with Gasteiger partial charge in [-0.1, -0.05) is 0 Å². The van der Waals surface area contributed by atoms with Crippen LogP contribution in [0.4, 0.5) is 5.82 Å². The van der Waals surface area contributed by atoms with Gasteiger partial charge in [-0.2, -0.15) is 10.5 Å². The van der Waals surface area contributed by atoms with Gasteiger partial charge in [0.05, 0.1) is 18.7 Å². The number of amides is 1. The molecule has 1 aliphatic carbocycles. The summed E-state index contributed by atoms with van der Waals surface area (Å²) in [5.41, 5.74) is 1.53. The van der Waals surface area contributed by atoms with E-state index in [2.05, 4.69) is 21.4 Å². The number of hydrogen-bond donors (Lipinski definition) is 1. The van der Waals surface area contributed by atoms with Gasteiger partial charge in [0.1, 0.15) is 22.8 Å². The molecule has 1 N–H and O–H groups in total. The van der Waals surface area contributed by atoms with Crippen molar-refractivity contribution in [2.45, 2.75) is 12.8 Å². The van der Waals surface area contributed by atoms with Crippen LogP contribution in [-0.2, 0) is 4.79 Å². The molecular weight excluding hydrogens is 354 g/mol. The van der Waals surface area contributed by atoms with Crippen molar-refractivity contribution in [2.75, 3.05) is 12.4 Å². The summed E-state index contributed by atoms with van der Waals surface area (Å²) in [4.78, 5) is 21.0. The smallest absolute Gasteiger partial charge is 0.246 e. The van der Waals surface area contributed by atoms with Crippen LogP contribution in [0.1, 0.15) is 18.4 Å². The SMILES string of the molecule is COc1ccc(-c2ccncc2)c2cc(C#N)c(NC(=O)C3(C#N)CC3)nc12.